The quantitative estimate of drug-likeness (QED) is 0.286. The molecule has 0 aliphatic rings. The standard InChI is InChI=1S/C14H15NO2.C9H6O2.C5H11NO.ClH/c1-2-6-13(11-16)15-14(17)10-9-12-7-4-3-5-8-12;10-9(11)7-6-8-4-2-1-3-5-8;1-2-3-5(6)4-7;/h2-5,7-8,13,16H,1,6,11H2,(H,15,17);1-5H,(H,10,11);2,5,7H,1,3-4,6H2;1H. The Hall–Kier alpha value is -3.85. The van der Waals surface area contributed by atoms with Crippen LogP contribution >= 0.6 is 12.4 Å². The first-order chi connectivity index (χ1) is 16.9. The molecule has 7 nitrogen and oxygen atoms in total. The first kappa shape index (κ1) is 34.3. The topological polar surface area (TPSA) is 133 Å². The van der Waals surface area contributed by atoms with Crippen molar-refractivity contribution in [3.8, 4) is 23.7 Å². The van der Waals surface area contributed by atoms with E-state index in [0.717, 1.165) is 11.1 Å². The highest BCUT2D eigenvalue weighted by Crippen LogP contribution is 1.95. The number of carbonyl (C=O) groups excluding carboxylic acids is 1. The van der Waals surface area contributed by atoms with Crippen LogP contribution in [0.1, 0.15) is 24.0 Å². The minimum absolute atomic E-state index is 0. The van der Waals surface area contributed by atoms with Crippen molar-refractivity contribution in [2.24, 2.45) is 5.73 Å². The van der Waals surface area contributed by atoms with Crippen LogP contribution < -0.4 is 11.1 Å². The second-order valence-electron chi connectivity index (χ2n) is 6.88. The number of carboxylic acids is 1. The van der Waals surface area contributed by atoms with Crippen molar-refractivity contribution in [1.29, 1.82) is 0 Å². The van der Waals surface area contributed by atoms with Gasteiger partial charge in [0.05, 0.1) is 19.3 Å². The van der Waals surface area contributed by atoms with Crippen LogP contribution in [0.4, 0.5) is 0 Å². The molecule has 1 amide bonds. The largest absolute Gasteiger partial charge is 0.472 e. The van der Waals surface area contributed by atoms with Crippen LogP contribution in [0.25, 0.3) is 0 Å². The second kappa shape index (κ2) is 22.9. The highest BCUT2D eigenvalue weighted by atomic mass is 35.5. The molecule has 6 N–H and O–H groups in total. The smallest absolute Gasteiger partial charge is 0.382 e. The Morgan fingerprint density at radius 1 is 0.861 bits per heavy atom. The molecule has 0 aliphatic heterocycles. The number of aliphatic hydroxyl groups is 2. The SMILES string of the molecule is C=CCC(CO)NC(=O)C#Cc1ccccc1.C=CCC(N)CO.Cl.O=C(O)C#Cc1ccccc1. The second-order valence-corrected chi connectivity index (χ2v) is 6.88. The monoisotopic (exact) mass is 512 g/mol. The van der Waals surface area contributed by atoms with Gasteiger partial charge in [-0.2, -0.15) is 0 Å². The molecule has 0 heterocycles. The van der Waals surface area contributed by atoms with Crippen LogP contribution in [0.2, 0.25) is 0 Å². The molecule has 2 rings (SSSR count). The molecule has 0 aliphatic carbocycles. The molecule has 2 aromatic rings. The molecule has 192 valence electrons. The minimum atomic E-state index is -1.10. The Morgan fingerprint density at radius 3 is 1.69 bits per heavy atom. The predicted octanol–water partition coefficient (Wildman–Crippen LogP) is 2.52. The first-order valence-corrected chi connectivity index (χ1v) is 10.7. The highest BCUT2D eigenvalue weighted by Gasteiger charge is 2.06. The fourth-order valence-corrected chi connectivity index (χ4v) is 2.19. The summed E-state index contributed by atoms with van der Waals surface area (Å²) in [6.07, 6.45) is 4.55. The van der Waals surface area contributed by atoms with Gasteiger partial charge in [0.2, 0.25) is 0 Å². The zero-order chi connectivity index (χ0) is 26.3. The van der Waals surface area contributed by atoms with E-state index in [-0.39, 0.29) is 37.7 Å². The average molecular weight is 513 g/mol. The van der Waals surface area contributed by atoms with Crippen LogP contribution in [0.5, 0.6) is 0 Å². The Morgan fingerprint density at radius 2 is 1.33 bits per heavy atom. The van der Waals surface area contributed by atoms with E-state index in [1.165, 1.54) is 0 Å². The zero-order valence-electron chi connectivity index (χ0n) is 20.0. The number of hydrogen-bond donors (Lipinski definition) is 5. The molecule has 8 heteroatoms. The Bertz CT molecular complexity index is 1020. The van der Waals surface area contributed by atoms with Crippen molar-refractivity contribution in [1.82, 2.24) is 5.32 Å². The number of rotatable bonds is 7. The number of aliphatic hydroxyl groups excluding tert-OH is 2. The molecule has 0 saturated carbocycles. The molecular weight excluding hydrogens is 480 g/mol. The number of nitrogens with one attached hydrogen (secondary N) is 1. The number of halogens is 1. The molecule has 36 heavy (non-hydrogen) atoms. The van der Waals surface area contributed by atoms with Gasteiger partial charge in [-0.1, -0.05) is 60.4 Å². The predicted molar refractivity (Wildman–Crippen MR) is 145 cm³/mol. The molecule has 0 bridgehead atoms. The molecule has 0 spiro atoms. The zero-order valence-corrected chi connectivity index (χ0v) is 20.8. The van der Waals surface area contributed by atoms with Gasteiger partial charge < -0.3 is 26.4 Å². The van der Waals surface area contributed by atoms with Gasteiger partial charge in [0.15, 0.2) is 0 Å². The third-order valence-electron chi connectivity index (χ3n) is 3.89. The summed E-state index contributed by atoms with van der Waals surface area (Å²) in [7, 11) is 0. The average Bonchev–Trinajstić information content (AvgIpc) is 2.88. The van der Waals surface area contributed by atoms with E-state index in [2.05, 4.69) is 36.2 Å². The van der Waals surface area contributed by atoms with Crippen LogP contribution in [0, 0.1) is 23.7 Å². The maximum atomic E-state index is 11.4. The van der Waals surface area contributed by atoms with Crippen molar-refractivity contribution in [3.05, 3.63) is 97.1 Å². The number of hydrogen-bond acceptors (Lipinski definition) is 5. The van der Waals surface area contributed by atoms with Gasteiger partial charge >= 0.3 is 5.97 Å². The van der Waals surface area contributed by atoms with Crippen molar-refractivity contribution >= 4 is 24.3 Å². The summed E-state index contributed by atoms with van der Waals surface area (Å²) in [6, 6.07) is 17.8. The first-order valence-electron chi connectivity index (χ1n) is 10.7. The molecule has 0 radical (unpaired) electrons. The third kappa shape index (κ3) is 19.6. The summed E-state index contributed by atoms with van der Waals surface area (Å²) >= 11 is 0. The number of carboxylic acid groups (broad SMARTS) is 1. The van der Waals surface area contributed by atoms with Crippen molar-refractivity contribution < 1.29 is 24.9 Å². The maximum Gasteiger partial charge on any atom is 0.382 e. The lowest BCUT2D eigenvalue weighted by atomic mass is 10.2. The fraction of sp³-hybridized carbons (Fsp3) is 0.214. The van der Waals surface area contributed by atoms with Gasteiger partial charge in [0.25, 0.3) is 5.91 Å². The highest BCUT2D eigenvalue weighted by molar-refractivity contribution is 5.94. The van der Waals surface area contributed by atoms with E-state index in [1.54, 1.807) is 24.3 Å². The molecular formula is C28H33ClN2O5. The Kier molecular flexibility index (Phi) is 21.8. The van der Waals surface area contributed by atoms with E-state index in [1.807, 2.05) is 54.5 Å². The van der Waals surface area contributed by atoms with Crippen molar-refractivity contribution in [3.63, 3.8) is 0 Å². The Labute approximate surface area is 219 Å². The van der Waals surface area contributed by atoms with Gasteiger partial charge in [-0.15, -0.1) is 25.6 Å². The summed E-state index contributed by atoms with van der Waals surface area (Å²) in [5, 5.41) is 28.1. The number of amides is 1. The molecule has 0 aromatic heterocycles. The summed E-state index contributed by atoms with van der Waals surface area (Å²) < 4.78 is 0. The van der Waals surface area contributed by atoms with Gasteiger partial charge in [0.1, 0.15) is 0 Å². The molecule has 2 atom stereocenters. The molecule has 0 saturated heterocycles. The third-order valence-corrected chi connectivity index (χ3v) is 3.89. The molecule has 0 fully saturated rings. The van der Waals surface area contributed by atoms with Crippen LogP contribution in [0.15, 0.2) is 86.0 Å². The van der Waals surface area contributed by atoms with Gasteiger partial charge in [0, 0.05) is 29.0 Å². The van der Waals surface area contributed by atoms with E-state index in [9.17, 15) is 9.59 Å². The van der Waals surface area contributed by atoms with E-state index in [0.29, 0.717) is 12.8 Å². The van der Waals surface area contributed by atoms with E-state index < -0.39 is 11.9 Å². The number of aliphatic carboxylic acids is 1. The lowest BCUT2D eigenvalue weighted by molar-refractivity contribution is -0.130. The van der Waals surface area contributed by atoms with Gasteiger partial charge in [-0.3, -0.25) is 4.79 Å². The Balaban J connectivity index is 0. The van der Waals surface area contributed by atoms with Crippen LogP contribution in [0.3, 0.4) is 0 Å². The van der Waals surface area contributed by atoms with Crippen molar-refractivity contribution in [2.75, 3.05) is 13.2 Å². The summed E-state index contributed by atoms with van der Waals surface area (Å²) in [5.41, 5.74) is 6.76. The lowest BCUT2D eigenvalue weighted by Gasteiger charge is -2.11. The number of benzene rings is 2. The van der Waals surface area contributed by atoms with Crippen molar-refractivity contribution in [2.45, 2.75) is 24.9 Å². The summed E-state index contributed by atoms with van der Waals surface area (Å²) in [6.45, 7) is 6.94. The van der Waals surface area contributed by atoms with E-state index in [4.69, 9.17) is 21.1 Å². The van der Waals surface area contributed by atoms with Gasteiger partial charge in [-0.05, 0) is 37.1 Å². The van der Waals surface area contributed by atoms with E-state index >= 15 is 0 Å². The summed E-state index contributed by atoms with van der Waals surface area (Å²) in [5.74, 6) is 8.25. The summed E-state index contributed by atoms with van der Waals surface area (Å²) in [4.78, 5) is 21.4. The minimum Gasteiger partial charge on any atom is -0.472 e. The van der Waals surface area contributed by atoms with Gasteiger partial charge in [-0.25, -0.2) is 4.79 Å². The fourth-order valence-electron chi connectivity index (χ4n) is 2.19. The number of nitrogens with two attached hydrogens (primary N) is 1. The number of carbonyl (C=O) groups is 2. The molecule has 2 aromatic carbocycles. The normalized spacial score (nSPS) is 10.2. The maximum absolute atomic E-state index is 11.4. The van der Waals surface area contributed by atoms with Crippen LogP contribution in [-0.4, -0.2) is 52.5 Å². The lowest BCUT2D eigenvalue weighted by Crippen LogP contribution is -2.36. The van der Waals surface area contributed by atoms with Crippen LogP contribution in [-0.2, 0) is 9.59 Å². The molecule has 2 unspecified atom stereocenters.